The highest BCUT2D eigenvalue weighted by Gasteiger charge is 2.24. The number of nitrogens with two attached hydrogens (primary N) is 2. The molecule has 0 atom stereocenters. The topological polar surface area (TPSA) is 89.4 Å². The standard InChI is InChI=1S/C15H29N3O2/c1-2-3-8-18(11-14(17)19)15(20)9-12-4-6-13(10-16)7-5-12/h12-13H,2-11,16H2,1H3,(H2,17,19). The van der Waals surface area contributed by atoms with Gasteiger partial charge in [0, 0.05) is 13.0 Å². The Hall–Kier alpha value is -1.10. The van der Waals surface area contributed by atoms with E-state index in [-0.39, 0.29) is 12.5 Å². The van der Waals surface area contributed by atoms with Crippen molar-refractivity contribution in [3.63, 3.8) is 0 Å². The van der Waals surface area contributed by atoms with Gasteiger partial charge < -0.3 is 16.4 Å². The zero-order valence-corrected chi connectivity index (χ0v) is 12.6. The van der Waals surface area contributed by atoms with Crippen LogP contribution in [0.3, 0.4) is 0 Å². The lowest BCUT2D eigenvalue weighted by molar-refractivity contribution is -0.136. The van der Waals surface area contributed by atoms with Crippen molar-refractivity contribution >= 4 is 11.8 Å². The first-order chi connectivity index (χ1) is 9.56. The van der Waals surface area contributed by atoms with Crippen LogP contribution < -0.4 is 11.5 Å². The van der Waals surface area contributed by atoms with Crippen molar-refractivity contribution in [3.05, 3.63) is 0 Å². The van der Waals surface area contributed by atoms with Crippen LogP contribution in [0.2, 0.25) is 0 Å². The molecule has 1 saturated carbocycles. The number of nitrogens with zero attached hydrogens (tertiary/aromatic N) is 1. The van der Waals surface area contributed by atoms with Gasteiger partial charge in [-0.2, -0.15) is 0 Å². The Balaban J connectivity index is 2.42. The number of primary amides is 1. The van der Waals surface area contributed by atoms with Crippen molar-refractivity contribution in [2.45, 2.75) is 51.9 Å². The van der Waals surface area contributed by atoms with Crippen molar-refractivity contribution in [1.29, 1.82) is 0 Å². The summed E-state index contributed by atoms with van der Waals surface area (Å²) in [6, 6.07) is 0. The van der Waals surface area contributed by atoms with E-state index in [1.807, 2.05) is 0 Å². The van der Waals surface area contributed by atoms with E-state index in [9.17, 15) is 9.59 Å². The zero-order chi connectivity index (χ0) is 15.0. The van der Waals surface area contributed by atoms with Crippen LogP contribution in [0.25, 0.3) is 0 Å². The van der Waals surface area contributed by atoms with Gasteiger partial charge in [-0.3, -0.25) is 9.59 Å². The largest absolute Gasteiger partial charge is 0.368 e. The molecule has 0 saturated heterocycles. The molecule has 0 bridgehead atoms. The Morgan fingerprint density at radius 3 is 2.25 bits per heavy atom. The Labute approximate surface area is 122 Å². The Morgan fingerprint density at radius 2 is 1.75 bits per heavy atom. The molecule has 1 aliphatic rings. The SMILES string of the molecule is CCCCN(CC(N)=O)C(=O)CC1CCC(CN)CC1. The molecule has 0 heterocycles. The van der Waals surface area contributed by atoms with Crippen LogP contribution in [0.1, 0.15) is 51.9 Å². The van der Waals surface area contributed by atoms with Crippen molar-refractivity contribution < 1.29 is 9.59 Å². The molecule has 4 N–H and O–H groups in total. The van der Waals surface area contributed by atoms with Gasteiger partial charge in [0.1, 0.15) is 0 Å². The molecular weight excluding hydrogens is 254 g/mol. The van der Waals surface area contributed by atoms with Crippen molar-refractivity contribution in [3.8, 4) is 0 Å². The number of unbranched alkanes of at least 4 members (excludes halogenated alkanes) is 1. The molecule has 20 heavy (non-hydrogen) atoms. The van der Waals surface area contributed by atoms with Gasteiger partial charge in [-0.1, -0.05) is 13.3 Å². The number of carbonyl (C=O) groups is 2. The van der Waals surface area contributed by atoms with Crippen molar-refractivity contribution in [2.24, 2.45) is 23.3 Å². The first-order valence-electron chi connectivity index (χ1n) is 7.82. The molecule has 1 rings (SSSR count). The first kappa shape index (κ1) is 17.0. The Kier molecular flexibility index (Phi) is 7.59. The van der Waals surface area contributed by atoms with Crippen LogP contribution in [-0.4, -0.2) is 36.3 Å². The molecule has 2 amide bonds. The van der Waals surface area contributed by atoms with Crippen molar-refractivity contribution in [1.82, 2.24) is 4.90 Å². The fourth-order valence-corrected chi connectivity index (χ4v) is 2.88. The summed E-state index contributed by atoms with van der Waals surface area (Å²) in [6.45, 7) is 3.51. The first-order valence-corrected chi connectivity index (χ1v) is 7.82. The third-order valence-corrected chi connectivity index (χ3v) is 4.24. The Morgan fingerprint density at radius 1 is 1.15 bits per heavy atom. The van der Waals surface area contributed by atoms with E-state index in [1.54, 1.807) is 4.90 Å². The molecule has 0 aliphatic heterocycles. The van der Waals surface area contributed by atoms with Gasteiger partial charge in [0.25, 0.3) is 0 Å². The fraction of sp³-hybridized carbons (Fsp3) is 0.867. The van der Waals surface area contributed by atoms with Crippen LogP contribution in [0.15, 0.2) is 0 Å². The predicted octanol–water partition coefficient (Wildman–Crippen LogP) is 1.26. The molecular formula is C15H29N3O2. The van der Waals surface area contributed by atoms with E-state index in [2.05, 4.69) is 6.92 Å². The second-order valence-electron chi connectivity index (χ2n) is 5.96. The predicted molar refractivity (Wildman–Crippen MR) is 79.8 cm³/mol. The van der Waals surface area contributed by atoms with Crippen LogP contribution in [0, 0.1) is 11.8 Å². The molecule has 5 nitrogen and oxygen atoms in total. The smallest absolute Gasteiger partial charge is 0.237 e. The molecule has 0 radical (unpaired) electrons. The average molecular weight is 283 g/mol. The van der Waals surface area contributed by atoms with Crippen LogP contribution in [0.4, 0.5) is 0 Å². The van der Waals surface area contributed by atoms with E-state index in [0.29, 0.717) is 24.8 Å². The summed E-state index contributed by atoms with van der Waals surface area (Å²) in [7, 11) is 0. The van der Waals surface area contributed by atoms with Gasteiger partial charge in [-0.25, -0.2) is 0 Å². The van der Waals surface area contributed by atoms with Gasteiger partial charge in [0.2, 0.25) is 11.8 Å². The second-order valence-corrected chi connectivity index (χ2v) is 5.96. The third kappa shape index (κ3) is 5.90. The van der Waals surface area contributed by atoms with Crippen LogP contribution >= 0.6 is 0 Å². The number of hydrogen-bond donors (Lipinski definition) is 2. The van der Waals surface area contributed by atoms with Gasteiger partial charge >= 0.3 is 0 Å². The maximum atomic E-state index is 12.3. The molecule has 0 spiro atoms. The molecule has 0 unspecified atom stereocenters. The van der Waals surface area contributed by atoms with E-state index >= 15 is 0 Å². The number of hydrogen-bond acceptors (Lipinski definition) is 3. The van der Waals surface area contributed by atoms with E-state index in [0.717, 1.165) is 45.1 Å². The summed E-state index contributed by atoms with van der Waals surface area (Å²) >= 11 is 0. The molecule has 1 aliphatic carbocycles. The van der Waals surface area contributed by atoms with E-state index in [1.165, 1.54) is 0 Å². The normalized spacial score (nSPS) is 22.5. The minimum absolute atomic E-state index is 0.0526. The summed E-state index contributed by atoms with van der Waals surface area (Å²) in [6.07, 6.45) is 6.87. The van der Waals surface area contributed by atoms with Gasteiger partial charge in [0.05, 0.1) is 6.54 Å². The monoisotopic (exact) mass is 283 g/mol. The molecule has 1 fully saturated rings. The van der Waals surface area contributed by atoms with E-state index in [4.69, 9.17) is 11.5 Å². The minimum atomic E-state index is -0.429. The van der Waals surface area contributed by atoms with Crippen LogP contribution in [-0.2, 0) is 9.59 Å². The number of rotatable bonds is 8. The lowest BCUT2D eigenvalue weighted by Crippen LogP contribution is -2.40. The molecule has 116 valence electrons. The maximum absolute atomic E-state index is 12.3. The van der Waals surface area contributed by atoms with Crippen molar-refractivity contribution in [2.75, 3.05) is 19.6 Å². The lowest BCUT2D eigenvalue weighted by atomic mass is 9.80. The second kappa shape index (κ2) is 8.95. The number of carbonyl (C=O) groups excluding carboxylic acids is 2. The van der Waals surface area contributed by atoms with Crippen LogP contribution in [0.5, 0.6) is 0 Å². The van der Waals surface area contributed by atoms with Gasteiger partial charge in [0.15, 0.2) is 0 Å². The molecule has 5 heteroatoms. The summed E-state index contributed by atoms with van der Waals surface area (Å²) < 4.78 is 0. The minimum Gasteiger partial charge on any atom is -0.368 e. The van der Waals surface area contributed by atoms with Gasteiger partial charge in [-0.15, -0.1) is 0 Å². The quantitative estimate of drug-likeness (QED) is 0.702. The number of amides is 2. The third-order valence-electron chi connectivity index (χ3n) is 4.24. The maximum Gasteiger partial charge on any atom is 0.237 e. The summed E-state index contributed by atoms with van der Waals surface area (Å²) in [5.74, 6) is 0.722. The molecule has 0 aromatic heterocycles. The zero-order valence-electron chi connectivity index (χ0n) is 12.6. The van der Waals surface area contributed by atoms with Gasteiger partial charge in [-0.05, 0) is 50.5 Å². The fourth-order valence-electron chi connectivity index (χ4n) is 2.88. The average Bonchev–Trinajstić information content (AvgIpc) is 2.43. The molecule has 0 aromatic carbocycles. The molecule has 0 aromatic rings. The van der Waals surface area contributed by atoms with E-state index < -0.39 is 5.91 Å². The highest BCUT2D eigenvalue weighted by molar-refractivity contribution is 5.83. The highest BCUT2D eigenvalue weighted by Crippen LogP contribution is 2.30. The summed E-state index contributed by atoms with van der Waals surface area (Å²) in [5, 5.41) is 0. The Bertz CT molecular complexity index is 312. The lowest BCUT2D eigenvalue weighted by Gasteiger charge is -2.29. The summed E-state index contributed by atoms with van der Waals surface area (Å²) in [4.78, 5) is 25.0. The summed E-state index contributed by atoms with van der Waals surface area (Å²) in [5.41, 5.74) is 10.9. The highest BCUT2D eigenvalue weighted by atomic mass is 16.2.